The summed E-state index contributed by atoms with van der Waals surface area (Å²) >= 11 is 0. The molecule has 0 saturated heterocycles. The summed E-state index contributed by atoms with van der Waals surface area (Å²) in [6.07, 6.45) is 3.20. The molecule has 1 rings (SSSR count). The van der Waals surface area contributed by atoms with Crippen LogP contribution in [0.25, 0.3) is 0 Å². The molecule has 0 fully saturated rings. The van der Waals surface area contributed by atoms with E-state index in [2.05, 4.69) is 10.3 Å². The average Bonchev–Trinajstić information content (AvgIpc) is 2.29. The van der Waals surface area contributed by atoms with E-state index in [1.807, 2.05) is 0 Å². The highest BCUT2D eigenvalue weighted by Gasteiger charge is 2.18. The number of aromatic nitrogens is 1. The van der Waals surface area contributed by atoms with Crippen LogP contribution in [0.5, 0.6) is 0 Å². The molecule has 0 unspecified atom stereocenters. The van der Waals surface area contributed by atoms with Gasteiger partial charge >= 0.3 is 5.97 Å². The fraction of sp³-hybridized carbons (Fsp3) is 0.364. The Morgan fingerprint density at radius 1 is 1.47 bits per heavy atom. The maximum Gasteiger partial charge on any atom is 0.326 e. The molecule has 6 nitrogen and oxygen atoms in total. The van der Waals surface area contributed by atoms with Gasteiger partial charge in [0.05, 0.1) is 6.42 Å². The minimum absolute atomic E-state index is 0.00584. The maximum atomic E-state index is 11.5. The molecule has 0 aliphatic carbocycles. The molecule has 92 valence electrons. The summed E-state index contributed by atoms with van der Waals surface area (Å²) < 4.78 is 0. The van der Waals surface area contributed by atoms with Crippen LogP contribution in [0.1, 0.15) is 12.0 Å². The van der Waals surface area contributed by atoms with Gasteiger partial charge in [-0.15, -0.1) is 0 Å². The SMILES string of the molecule is O=C(Cc1cccnc1)N[C@H](CCO)C(=O)O. The van der Waals surface area contributed by atoms with E-state index in [0.29, 0.717) is 5.56 Å². The molecule has 0 bridgehead atoms. The lowest BCUT2D eigenvalue weighted by atomic mass is 10.1. The van der Waals surface area contributed by atoms with Crippen molar-refractivity contribution < 1.29 is 19.8 Å². The smallest absolute Gasteiger partial charge is 0.326 e. The van der Waals surface area contributed by atoms with Crippen LogP contribution in [-0.2, 0) is 16.0 Å². The molecule has 0 radical (unpaired) electrons. The predicted molar refractivity (Wildman–Crippen MR) is 59.2 cm³/mol. The quantitative estimate of drug-likeness (QED) is 0.625. The van der Waals surface area contributed by atoms with Crippen molar-refractivity contribution in [3.05, 3.63) is 30.1 Å². The number of aliphatic hydroxyl groups is 1. The summed E-state index contributed by atoms with van der Waals surface area (Å²) in [5.74, 6) is -1.56. The Balaban J connectivity index is 2.51. The number of carbonyl (C=O) groups is 2. The van der Waals surface area contributed by atoms with Crippen molar-refractivity contribution in [3.8, 4) is 0 Å². The molecular formula is C11H14N2O4. The summed E-state index contributed by atoms with van der Waals surface area (Å²) in [6, 6.07) is 2.38. The minimum atomic E-state index is -1.15. The summed E-state index contributed by atoms with van der Waals surface area (Å²) in [5, 5.41) is 19.8. The lowest BCUT2D eigenvalue weighted by Gasteiger charge is -2.12. The number of hydrogen-bond acceptors (Lipinski definition) is 4. The van der Waals surface area contributed by atoms with Crippen LogP contribution in [0.2, 0.25) is 0 Å². The van der Waals surface area contributed by atoms with Gasteiger partial charge in [-0.1, -0.05) is 6.07 Å². The lowest BCUT2D eigenvalue weighted by molar-refractivity contribution is -0.142. The Labute approximate surface area is 98.3 Å². The average molecular weight is 238 g/mol. The third kappa shape index (κ3) is 4.60. The molecule has 1 aromatic rings. The highest BCUT2D eigenvalue weighted by molar-refractivity contribution is 5.84. The number of hydrogen-bond donors (Lipinski definition) is 3. The number of nitrogens with one attached hydrogen (secondary N) is 1. The zero-order valence-electron chi connectivity index (χ0n) is 9.17. The van der Waals surface area contributed by atoms with Gasteiger partial charge in [-0.2, -0.15) is 0 Å². The molecule has 1 atom stereocenters. The normalized spacial score (nSPS) is 11.8. The highest BCUT2D eigenvalue weighted by Crippen LogP contribution is 1.98. The first-order chi connectivity index (χ1) is 8.13. The van der Waals surface area contributed by atoms with E-state index in [9.17, 15) is 9.59 Å². The van der Waals surface area contributed by atoms with Crippen LogP contribution in [-0.4, -0.2) is 39.7 Å². The molecular weight excluding hydrogens is 224 g/mol. The third-order valence-corrected chi connectivity index (χ3v) is 2.14. The van der Waals surface area contributed by atoms with E-state index in [4.69, 9.17) is 10.2 Å². The first-order valence-corrected chi connectivity index (χ1v) is 5.15. The molecule has 0 saturated carbocycles. The Hall–Kier alpha value is -1.95. The van der Waals surface area contributed by atoms with Crippen LogP contribution in [0, 0.1) is 0 Å². The fourth-order valence-electron chi connectivity index (χ4n) is 1.32. The second-order valence-electron chi connectivity index (χ2n) is 3.51. The van der Waals surface area contributed by atoms with E-state index in [1.54, 1.807) is 24.5 Å². The Bertz CT molecular complexity index is 380. The predicted octanol–water partition coefficient (Wildman–Crippen LogP) is -0.424. The first-order valence-electron chi connectivity index (χ1n) is 5.15. The molecule has 1 heterocycles. The number of amides is 1. The second kappa shape index (κ2) is 6.59. The molecule has 1 amide bonds. The Morgan fingerprint density at radius 3 is 2.76 bits per heavy atom. The number of aliphatic carboxylic acids is 1. The summed E-state index contributed by atoms with van der Waals surface area (Å²) in [6.45, 7) is -0.288. The van der Waals surface area contributed by atoms with Gasteiger partial charge in [-0.3, -0.25) is 9.78 Å². The molecule has 0 spiro atoms. The van der Waals surface area contributed by atoms with E-state index >= 15 is 0 Å². The van der Waals surface area contributed by atoms with Gasteiger partial charge in [0.15, 0.2) is 0 Å². The Kier molecular flexibility index (Phi) is 5.09. The molecule has 0 aliphatic heterocycles. The standard InChI is InChI=1S/C11H14N2O4/c14-5-3-9(11(16)17)13-10(15)6-8-2-1-4-12-7-8/h1-2,4,7,9,14H,3,5-6H2,(H,13,15)(H,16,17)/t9-/m1/s1. The van der Waals surface area contributed by atoms with Gasteiger partial charge < -0.3 is 15.5 Å². The Morgan fingerprint density at radius 2 is 2.24 bits per heavy atom. The number of pyridine rings is 1. The summed E-state index contributed by atoms with van der Waals surface area (Å²) in [4.78, 5) is 26.1. The van der Waals surface area contributed by atoms with Crippen molar-refractivity contribution >= 4 is 11.9 Å². The zero-order valence-corrected chi connectivity index (χ0v) is 9.17. The van der Waals surface area contributed by atoms with Crippen molar-refractivity contribution in [1.29, 1.82) is 0 Å². The van der Waals surface area contributed by atoms with Gasteiger partial charge in [-0.25, -0.2) is 4.79 Å². The fourth-order valence-corrected chi connectivity index (χ4v) is 1.32. The molecule has 0 aliphatic rings. The summed E-state index contributed by atoms with van der Waals surface area (Å²) in [5.41, 5.74) is 0.707. The van der Waals surface area contributed by atoms with Gasteiger partial charge in [0, 0.05) is 25.4 Å². The van der Waals surface area contributed by atoms with Crippen LogP contribution in [0.4, 0.5) is 0 Å². The molecule has 17 heavy (non-hydrogen) atoms. The maximum absolute atomic E-state index is 11.5. The third-order valence-electron chi connectivity index (χ3n) is 2.14. The zero-order chi connectivity index (χ0) is 12.7. The van der Waals surface area contributed by atoms with Crippen LogP contribution >= 0.6 is 0 Å². The van der Waals surface area contributed by atoms with Crippen molar-refractivity contribution in [2.45, 2.75) is 18.9 Å². The van der Waals surface area contributed by atoms with E-state index in [-0.39, 0.29) is 19.4 Å². The van der Waals surface area contributed by atoms with E-state index < -0.39 is 17.9 Å². The number of aliphatic hydroxyl groups excluding tert-OH is 1. The number of carboxylic acids is 1. The van der Waals surface area contributed by atoms with Crippen molar-refractivity contribution in [2.24, 2.45) is 0 Å². The topological polar surface area (TPSA) is 99.5 Å². The summed E-state index contributed by atoms with van der Waals surface area (Å²) in [7, 11) is 0. The van der Waals surface area contributed by atoms with E-state index in [1.165, 1.54) is 0 Å². The van der Waals surface area contributed by atoms with Crippen molar-refractivity contribution in [3.63, 3.8) is 0 Å². The van der Waals surface area contributed by atoms with E-state index in [0.717, 1.165) is 0 Å². The highest BCUT2D eigenvalue weighted by atomic mass is 16.4. The monoisotopic (exact) mass is 238 g/mol. The largest absolute Gasteiger partial charge is 0.480 e. The number of nitrogens with zero attached hydrogens (tertiary/aromatic N) is 1. The lowest BCUT2D eigenvalue weighted by Crippen LogP contribution is -2.42. The number of carbonyl (C=O) groups excluding carboxylic acids is 1. The number of rotatable bonds is 6. The van der Waals surface area contributed by atoms with Gasteiger partial charge in [-0.05, 0) is 11.6 Å². The van der Waals surface area contributed by atoms with Crippen LogP contribution in [0.15, 0.2) is 24.5 Å². The number of carboxylic acid groups (broad SMARTS) is 1. The van der Waals surface area contributed by atoms with Crippen molar-refractivity contribution in [1.82, 2.24) is 10.3 Å². The van der Waals surface area contributed by atoms with Gasteiger partial charge in [0.1, 0.15) is 6.04 Å². The van der Waals surface area contributed by atoms with Gasteiger partial charge in [0.25, 0.3) is 0 Å². The molecule has 3 N–H and O–H groups in total. The van der Waals surface area contributed by atoms with Gasteiger partial charge in [0.2, 0.25) is 5.91 Å². The molecule has 0 aromatic carbocycles. The molecule has 6 heteroatoms. The first kappa shape index (κ1) is 13.1. The minimum Gasteiger partial charge on any atom is -0.480 e. The van der Waals surface area contributed by atoms with Crippen molar-refractivity contribution in [2.75, 3.05) is 6.61 Å². The van der Waals surface area contributed by atoms with Crippen LogP contribution < -0.4 is 5.32 Å². The second-order valence-corrected chi connectivity index (χ2v) is 3.51. The van der Waals surface area contributed by atoms with Crippen LogP contribution in [0.3, 0.4) is 0 Å². The molecule has 1 aromatic heterocycles.